The second-order valence-electron chi connectivity index (χ2n) is 14.9. The van der Waals surface area contributed by atoms with Crippen LogP contribution in [0.4, 0.5) is 0 Å². The monoisotopic (exact) mass is 516 g/mol. The van der Waals surface area contributed by atoms with Gasteiger partial charge >= 0.3 is 0 Å². The van der Waals surface area contributed by atoms with Gasteiger partial charge in [0.05, 0.1) is 0 Å². The van der Waals surface area contributed by atoms with E-state index < -0.39 is 0 Å². The average molecular weight is 517 g/mol. The summed E-state index contributed by atoms with van der Waals surface area (Å²) >= 11 is 0. The molecule has 2 aromatic carbocycles. The minimum Gasteiger partial charge on any atom is -0.0986 e. The largest absolute Gasteiger partial charge is 0.0986 e. The summed E-state index contributed by atoms with van der Waals surface area (Å²) in [5.74, 6) is 1.66. The molecular formula is C39H48. The zero-order valence-corrected chi connectivity index (χ0v) is 25.1. The highest BCUT2D eigenvalue weighted by molar-refractivity contribution is 5.80. The highest BCUT2D eigenvalue weighted by Crippen LogP contribution is 2.59. The SMILES string of the molecule is C=C1C=CC(CC(C)(C)C)C(=C)C1CC1=Cc2cccc(-c3cc(C)cc(C)c3CC3CC4(CCC4)C3)c2C1. The van der Waals surface area contributed by atoms with Crippen LogP contribution in [-0.2, 0) is 12.8 Å². The van der Waals surface area contributed by atoms with E-state index in [1.54, 1.807) is 5.56 Å². The van der Waals surface area contributed by atoms with Crippen molar-refractivity contribution in [3.05, 3.63) is 100 Å². The molecule has 6 rings (SSSR count). The number of hydrogen-bond donors (Lipinski definition) is 0. The Balaban J connectivity index is 1.24. The van der Waals surface area contributed by atoms with Crippen molar-refractivity contribution in [2.75, 3.05) is 0 Å². The van der Waals surface area contributed by atoms with Gasteiger partial charge < -0.3 is 0 Å². The number of rotatable bonds is 6. The molecule has 2 atom stereocenters. The fraction of sp³-hybridized carbons (Fsp3) is 0.487. The standard InChI is InChI=1S/C39H48/c1-25-16-27(3)35(21-30-22-39(23-30)14-9-15-39)37(17-25)33-11-8-10-31-18-29(20-36(31)33)19-34-26(2)12-13-32(28(34)4)24-38(5,6)7/h8,10-13,16-18,30,32,34H,2,4,9,14-15,19-24H2,1,3,5-7H3. The molecule has 1 spiro atoms. The maximum Gasteiger partial charge on any atom is 0.00827 e. The minimum absolute atomic E-state index is 0.292. The molecular weight excluding hydrogens is 468 g/mol. The lowest BCUT2D eigenvalue weighted by Gasteiger charge is -2.54. The van der Waals surface area contributed by atoms with Crippen molar-refractivity contribution in [2.24, 2.45) is 28.6 Å². The molecule has 0 aromatic heterocycles. The van der Waals surface area contributed by atoms with Crippen LogP contribution in [0.5, 0.6) is 0 Å². The molecule has 0 radical (unpaired) electrons. The van der Waals surface area contributed by atoms with Crippen LogP contribution in [0.25, 0.3) is 17.2 Å². The lowest BCUT2D eigenvalue weighted by molar-refractivity contribution is -0.0239. The Morgan fingerprint density at radius 1 is 0.974 bits per heavy atom. The quantitative estimate of drug-likeness (QED) is 0.335. The molecule has 0 heteroatoms. The summed E-state index contributed by atoms with van der Waals surface area (Å²) in [6, 6.07) is 11.9. The topological polar surface area (TPSA) is 0 Å². The van der Waals surface area contributed by atoms with Gasteiger partial charge in [0.25, 0.3) is 0 Å². The molecule has 0 bridgehead atoms. The highest BCUT2D eigenvalue weighted by Gasteiger charge is 2.47. The predicted molar refractivity (Wildman–Crippen MR) is 169 cm³/mol. The summed E-state index contributed by atoms with van der Waals surface area (Å²) in [4.78, 5) is 0. The summed E-state index contributed by atoms with van der Waals surface area (Å²) in [5, 5.41) is 0. The van der Waals surface area contributed by atoms with Crippen molar-refractivity contribution < 1.29 is 0 Å². The first-order valence-electron chi connectivity index (χ1n) is 15.5. The van der Waals surface area contributed by atoms with Crippen LogP contribution >= 0.6 is 0 Å². The maximum atomic E-state index is 4.62. The van der Waals surface area contributed by atoms with E-state index >= 15 is 0 Å². The Bertz CT molecular complexity index is 1370. The minimum atomic E-state index is 0.292. The first-order valence-corrected chi connectivity index (χ1v) is 15.5. The molecule has 4 aliphatic rings. The van der Waals surface area contributed by atoms with Crippen molar-refractivity contribution >= 4 is 6.08 Å². The molecule has 0 amide bonds. The Kier molecular flexibility index (Phi) is 6.68. The van der Waals surface area contributed by atoms with Gasteiger partial charge in [-0.15, -0.1) is 0 Å². The summed E-state index contributed by atoms with van der Waals surface area (Å²) < 4.78 is 0. The van der Waals surface area contributed by atoms with Gasteiger partial charge in [0, 0.05) is 5.92 Å². The second kappa shape index (κ2) is 9.79. The van der Waals surface area contributed by atoms with Gasteiger partial charge in [-0.05, 0) is 127 Å². The van der Waals surface area contributed by atoms with Gasteiger partial charge in [-0.1, -0.05) is 106 Å². The molecule has 2 fully saturated rings. The smallest absolute Gasteiger partial charge is 0.00827 e. The van der Waals surface area contributed by atoms with Crippen LogP contribution in [-0.4, -0.2) is 0 Å². The van der Waals surface area contributed by atoms with Gasteiger partial charge in [-0.2, -0.15) is 0 Å². The van der Waals surface area contributed by atoms with Gasteiger partial charge in [0.2, 0.25) is 0 Å². The van der Waals surface area contributed by atoms with Crippen LogP contribution in [0.15, 0.2) is 72.4 Å². The lowest BCUT2D eigenvalue weighted by atomic mass is 9.51. The molecule has 0 aliphatic heterocycles. The van der Waals surface area contributed by atoms with Gasteiger partial charge in [0.1, 0.15) is 0 Å². The van der Waals surface area contributed by atoms with E-state index in [0.29, 0.717) is 17.3 Å². The van der Waals surface area contributed by atoms with E-state index in [1.165, 1.54) is 88.6 Å². The molecule has 0 N–H and O–H groups in total. The summed E-state index contributed by atoms with van der Waals surface area (Å²) in [5.41, 5.74) is 15.5. The Labute approximate surface area is 238 Å². The summed E-state index contributed by atoms with van der Waals surface area (Å²) in [6.45, 7) is 20.7. The number of hydrogen-bond acceptors (Lipinski definition) is 0. The Morgan fingerprint density at radius 2 is 1.74 bits per heavy atom. The Morgan fingerprint density at radius 3 is 2.44 bits per heavy atom. The van der Waals surface area contributed by atoms with Gasteiger partial charge in [-0.3, -0.25) is 0 Å². The molecule has 2 aromatic rings. The highest BCUT2D eigenvalue weighted by atomic mass is 14.5. The van der Waals surface area contributed by atoms with Crippen molar-refractivity contribution in [3.63, 3.8) is 0 Å². The third kappa shape index (κ3) is 5.17. The molecule has 39 heavy (non-hydrogen) atoms. The molecule has 0 heterocycles. The third-order valence-corrected chi connectivity index (χ3v) is 10.4. The van der Waals surface area contributed by atoms with Crippen molar-refractivity contribution in [1.29, 1.82) is 0 Å². The van der Waals surface area contributed by atoms with E-state index in [4.69, 9.17) is 0 Å². The third-order valence-electron chi connectivity index (χ3n) is 10.4. The summed E-state index contributed by atoms with van der Waals surface area (Å²) in [7, 11) is 0. The first kappa shape index (κ1) is 26.6. The summed E-state index contributed by atoms with van der Waals surface area (Å²) in [6.07, 6.45) is 18.9. The molecule has 0 nitrogen and oxygen atoms in total. The van der Waals surface area contributed by atoms with Crippen LogP contribution < -0.4 is 0 Å². The van der Waals surface area contributed by atoms with E-state index in [1.807, 2.05) is 0 Å². The van der Waals surface area contributed by atoms with Crippen LogP contribution in [0.1, 0.15) is 93.5 Å². The lowest BCUT2D eigenvalue weighted by Crippen LogP contribution is -2.43. The predicted octanol–water partition coefficient (Wildman–Crippen LogP) is 10.8. The number of allylic oxidation sites excluding steroid dienone is 5. The van der Waals surface area contributed by atoms with Crippen molar-refractivity contribution in [2.45, 2.75) is 92.4 Å². The van der Waals surface area contributed by atoms with Crippen LogP contribution in [0.2, 0.25) is 0 Å². The number of benzene rings is 2. The fourth-order valence-corrected chi connectivity index (χ4v) is 8.37. The second-order valence-corrected chi connectivity index (χ2v) is 14.9. The Hall–Kier alpha value is -2.60. The van der Waals surface area contributed by atoms with E-state index in [-0.39, 0.29) is 0 Å². The molecule has 0 saturated heterocycles. The van der Waals surface area contributed by atoms with Crippen LogP contribution in [0, 0.1) is 42.4 Å². The van der Waals surface area contributed by atoms with Crippen LogP contribution in [0.3, 0.4) is 0 Å². The van der Waals surface area contributed by atoms with Gasteiger partial charge in [0.15, 0.2) is 0 Å². The molecule has 4 aliphatic carbocycles. The van der Waals surface area contributed by atoms with Crippen molar-refractivity contribution in [3.8, 4) is 11.1 Å². The number of fused-ring (bicyclic) bond motifs is 1. The molecule has 2 saturated carbocycles. The van der Waals surface area contributed by atoms with E-state index in [2.05, 4.69) is 96.3 Å². The molecule has 204 valence electrons. The van der Waals surface area contributed by atoms with E-state index in [0.717, 1.165) is 30.6 Å². The normalized spacial score (nSPS) is 24.0. The van der Waals surface area contributed by atoms with Crippen molar-refractivity contribution in [1.82, 2.24) is 0 Å². The van der Waals surface area contributed by atoms with Gasteiger partial charge in [-0.25, -0.2) is 0 Å². The maximum absolute atomic E-state index is 4.62. The zero-order valence-electron chi connectivity index (χ0n) is 25.1. The average Bonchev–Trinajstić information content (AvgIpc) is 3.22. The first-order chi connectivity index (χ1) is 18.5. The fourth-order valence-electron chi connectivity index (χ4n) is 8.37. The van der Waals surface area contributed by atoms with E-state index in [9.17, 15) is 0 Å². The molecule has 2 unspecified atom stereocenters. The zero-order chi connectivity index (χ0) is 27.5. The number of aryl methyl sites for hydroxylation is 2.